The van der Waals surface area contributed by atoms with Gasteiger partial charge in [0.25, 0.3) is 0 Å². The van der Waals surface area contributed by atoms with Crippen molar-refractivity contribution in [3.8, 4) is 0 Å². The highest BCUT2D eigenvalue weighted by molar-refractivity contribution is 5.01. The second-order valence-corrected chi connectivity index (χ2v) is 9.37. The van der Waals surface area contributed by atoms with E-state index in [1.807, 2.05) is 0 Å². The van der Waals surface area contributed by atoms with Gasteiger partial charge in [0.15, 0.2) is 0 Å². The van der Waals surface area contributed by atoms with E-state index in [-0.39, 0.29) is 0 Å². The third-order valence-corrected chi connectivity index (χ3v) is 6.99. The Hall–Kier alpha value is 0. The van der Waals surface area contributed by atoms with Gasteiger partial charge in [0.1, 0.15) is 0 Å². The Kier molecular flexibility index (Phi) is 4.11. The number of hydrogen-bond acceptors (Lipinski definition) is 0. The Morgan fingerprint density at radius 2 is 1.37 bits per heavy atom. The smallest absolute Gasteiger partial charge is 0.0243 e. The van der Waals surface area contributed by atoms with Gasteiger partial charge in [0.05, 0.1) is 0 Å². The summed E-state index contributed by atoms with van der Waals surface area (Å²) in [6.07, 6.45) is 11.7. The molecule has 0 aromatic rings. The monoisotopic (exact) mass is 264 g/mol. The van der Waals surface area contributed by atoms with Gasteiger partial charge in [-0.15, -0.1) is 0 Å². The first-order valence-corrected chi connectivity index (χ1v) is 8.68. The molecule has 0 heterocycles. The fraction of sp³-hybridized carbons (Fsp3) is 1.00. The van der Waals surface area contributed by atoms with E-state index in [1.54, 1.807) is 0 Å². The summed E-state index contributed by atoms with van der Waals surface area (Å²) in [6, 6.07) is 0. The Balaban J connectivity index is 2.30. The lowest BCUT2D eigenvalue weighted by Crippen LogP contribution is -2.49. The molecule has 0 nitrogen and oxygen atoms in total. The van der Waals surface area contributed by atoms with E-state index in [9.17, 15) is 0 Å². The maximum atomic E-state index is 2.64. The molecule has 0 radical (unpaired) electrons. The van der Waals surface area contributed by atoms with Gasteiger partial charge in [-0.1, -0.05) is 67.2 Å². The molecule has 0 heteroatoms. The van der Waals surface area contributed by atoms with Gasteiger partial charge < -0.3 is 0 Å². The van der Waals surface area contributed by atoms with Crippen molar-refractivity contribution in [2.24, 2.45) is 28.1 Å². The van der Waals surface area contributed by atoms with Gasteiger partial charge in [-0.3, -0.25) is 0 Å². The van der Waals surface area contributed by atoms with Crippen LogP contribution in [0.4, 0.5) is 0 Å². The van der Waals surface area contributed by atoms with Crippen molar-refractivity contribution in [2.45, 2.75) is 92.9 Å². The second kappa shape index (κ2) is 5.08. The molecule has 0 saturated heterocycles. The number of rotatable bonds is 1. The second-order valence-electron chi connectivity index (χ2n) is 9.37. The summed E-state index contributed by atoms with van der Waals surface area (Å²) in [7, 11) is 0. The van der Waals surface area contributed by atoms with Crippen LogP contribution in [-0.2, 0) is 0 Å². The van der Waals surface area contributed by atoms with Crippen LogP contribution in [0.3, 0.4) is 0 Å². The van der Waals surface area contributed by atoms with E-state index in [1.165, 1.54) is 51.4 Å². The summed E-state index contributed by atoms with van der Waals surface area (Å²) < 4.78 is 0. The molecule has 0 amide bonds. The van der Waals surface area contributed by atoms with Crippen LogP contribution in [0, 0.1) is 28.1 Å². The van der Waals surface area contributed by atoms with Crippen molar-refractivity contribution < 1.29 is 0 Å². The molecule has 0 aromatic heterocycles. The lowest BCUT2D eigenvalue weighted by molar-refractivity contribution is -0.0847. The molecule has 0 bridgehead atoms. The molecule has 0 aliphatic heterocycles. The lowest BCUT2D eigenvalue weighted by Gasteiger charge is -2.58. The predicted molar refractivity (Wildman–Crippen MR) is 85.3 cm³/mol. The summed E-state index contributed by atoms with van der Waals surface area (Å²) in [5, 5.41) is 0. The third kappa shape index (κ3) is 2.74. The van der Waals surface area contributed by atoms with Crippen LogP contribution in [-0.4, -0.2) is 0 Å². The molecular weight excluding hydrogens is 228 g/mol. The quantitative estimate of drug-likeness (QED) is 0.511. The Morgan fingerprint density at radius 3 is 1.95 bits per heavy atom. The Labute approximate surface area is 121 Å². The fourth-order valence-electron chi connectivity index (χ4n) is 5.30. The van der Waals surface area contributed by atoms with Gasteiger partial charge in [0, 0.05) is 0 Å². The molecule has 0 N–H and O–H groups in total. The van der Waals surface area contributed by atoms with Crippen LogP contribution >= 0.6 is 0 Å². The largest absolute Gasteiger partial charge is 0.0599 e. The van der Waals surface area contributed by atoms with Crippen LogP contribution in [0.5, 0.6) is 0 Å². The zero-order valence-electron chi connectivity index (χ0n) is 14.3. The van der Waals surface area contributed by atoms with Crippen molar-refractivity contribution in [1.82, 2.24) is 0 Å². The molecular formula is C19H36. The van der Waals surface area contributed by atoms with Crippen molar-refractivity contribution in [2.75, 3.05) is 0 Å². The fourth-order valence-corrected chi connectivity index (χ4v) is 5.30. The average Bonchev–Trinajstić information content (AvgIpc) is 2.32. The average molecular weight is 264 g/mol. The summed E-state index contributed by atoms with van der Waals surface area (Å²) in [5.41, 5.74) is 1.60. The van der Waals surface area contributed by atoms with E-state index in [2.05, 4.69) is 41.5 Å². The van der Waals surface area contributed by atoms with Crippen molar-refractivity contribution in [3.63, 3.8) is 0 Å². The summed E-state index contributed by atoms with van der Waals surface area (Å²) in [6.45, 7) is 15.2. The van der Waals surface area contributed by atoms with Crippen molar-refractivity contribution in [3.05, 3.63) is 0 Å². The molecule has 2 fully saturated rings. The van der Waals surface area contributed by atoms with Crippen molar-refractivity contribution in [1.29, 1.82) is 0 Å². The molecule has 3 atom stereocenters. The van der Waals surface area contributed by atoms with Crippen LogP contribution < -0.4 is 0 Å². The maximum Gasteiger partial charge on any atom is -0.0243 e. The molecule has 2 aliphatic rings. The molecule has 0 spiro atoms. The van der Waals surface area contributed by atoms with Crippen molar-refractivity contribution >= 4 is 0 Å². The first-order valence-electron chi connectivity index (χ1n) is 8.68. The standard InChI is InChI=1S/C19H36/c1-17(2,3)15-11-7-8-12-16(15)19(6)14-10-9-13-18(19,4)5/h15-16H,7-14H2,1-6H3. The minimum Gasteiger partial charge on any atom is -0.0599 e. The normalized spacial score (nSPS) is 40.1. The Bertz CT molecular complexity index is 306. The highest BCUT2D eigenvalue weighted by Gasteiger charge is 2.52. The third-order valence-electron chi connectivity index (χ3n) is 6.99. The minimum absolute atomic E-state index is 0.488. The van der Waals surface area contributed by atoms with Crippen LogP contribution in [0.25, 0.3) is 0 Å². The minimum atomic E-state index is 0.488. The summed E-state index contributed by atoms with van der Waals surface area (Å²) >= 11 is 0. The van der Waals surface area contributed by atoms with Crippen LogP contribution in [0.15, 0.2) is 0 Å². The van der Waals surface area contributed by atoms with Gasteiger partial charge in [-0.2, -0.15) is 0 Å². The molecule has 2 aliphatic carbocycles. The van der Waals surface area contributed by atoms with E-state index >= 15 is 0 Å². The SMILES string of the molecule is CC(C)(C)C1CCCCC1C1(C)CCCCC1(C)C. The van der Waals surface area contributed by atoms with E-state index < -0.39 is 0 Å². The van der Waals surface area contributed by atoms with E-state index in [0.29, 0.717) is 16.2 Å². The van der Waals surface area contributed by atoms with Crippen LogP contribution in [0.1, 0.15) is 92.9 Å². The zero-order valence-corrected chi connectivity index (χ0v) is 14.3. The van der Waals surface area contributed by atoms with Gasteiger partial charge in [0.2, 0.25) is 0 Å². The Morgan fingerprint density at radius 1 is 0.789 bits per heavy atom. The lowest BCUT2D eigenvalue weighted by atomic mass is 9.47. The molecule has 2 saturated carbocycles. The highest BCUT2D eigenvalue weighted by Crippen LogP contribution is 2.61. The maximum absolute atomic E-state index is 2.64. The topological polar surface area (TPSA) is 0 Å². The molecule has 3 unspecified atom stereocenters. The summed E-state index contributed by atoms with van der Waals surface area (Å²) in [5.74, 6) is 1.89. The van der Waals surface area contributed by atoms with E-state index in [0.717, 1.165) is 11.8 Å². The van der Waals surface area contributed by atoms with Crippen LogP contribution in [0.2, 0.25) is 0 Å². The highest BCUT2D eigenvalue weighted by atomic mass is 14.6. The molecule has 2 rings (SSSR count). The van der Waals surface area contributed by atoms with Gasteiger partial charge >= 0.3 is 0 Å². The molecule has 19 heavy (non-hydrogen) atoms. The first kappa shape index (κ1) is 15.4. The van der Waals surface area contributed by atoms with Gasteiger partial charge in [-0.25, -0.2) is 0 Å². The predicted octanol–water partition coefficient (Wildman–Crippen LogP) is 6.45. The number of hydrogen-bond donors (Lipinski definition) is 0. The summed E-state index contributed by atoms with van der Waals surface area (Å²) in [4.78, 5) is 0. The zero-order chi connectivity index (χ0) is 14.3. The molecule has 112 valence electrons. The molecule has 0 aromatic carbocycles. The first-order chi connectivity index (χ1) is 8.68. The van der Waals surface area contributed by atoms with E-state index in [4.69, 9.17) is 0 Å². The van der Waals surface area contributed by atoms with Gasteiger partial charge in [-0.05, 0) is 53.8 Å².